The highest BCUT2D eigenvalue weighted by molar-refractivity contribution is 7.15. The highest BCUT2D eigenvalue weighted by atomic mass is 32.1. The van der Waals surface area contributed by atoms with Gasteiger partial charge in [0, 0.05) is 11.1 Å². The number of nitrogens with one attached hydrogen (secondary N) is 1. The van der Waals surface area contributed by atoms with Gasteiger partial charge in [-0.05, 0) is 27.7 Å². The van der Waals surface area contributed by atoms with Gasteiger partial charge in [-0.2, -0.15) is 0 Å². The molecule has 6 nitrogen and oxygen atoms in total. The molecule has 0 aliphatic heterocycles. The largest absolute Gasteiger partial charge is 0.481 e. The summed E-state index contributed by atoms with van der Waals surface area (Å²) >= 11 is 1.12. The van der Waals surface area contributed by atoms with E-state index in [9.17, 15) is 9.59 Å². The Labute approximate surface area is 109 Å². The van der Waals surface area contributed by atoms with Crippen molar-refractivity contribution in [1.82, 2.24) is 4.98 Å². The SMILES string of the molecule is CC(C(=O)O)c1cnc(NC(=O)OC(C)(C)C)s1. The van der Waals surface area contributed by atoms with Crippen molar-refractivity contribution in [2.45, 2.75) is 39.2 Å². The molecule has 18 heavy (non-hydrogen) atoms. The highest BCUT2D eigenvalue weighted by Crippen LogP contribution is 2.26. The lowest BCUT2D eigenvalue weighted by Gasteiger charge is -2.18. The van der Waals surface area contributed by atoms with Gasteiger partial charge in [0.2, 0.25) is 0 Å². The molecule has 0 saturated carbocycles. The number of carbonyl (C=O) groups excluding carboxylic acids is 1. The second-order valence-electron chi connectivity index (χ2n) is 4.75. The van der Waals surface area contributed by atoms with E-state index >= 15 is 0 Å². The Balaban J connectivity index is 2.65. The van der Waals surface area contributed by atoms with Crippen molar-refractivity contribution in [3.05, 3.63) is 11.1 Å². The number of aliphatic carboxylic acids is 1. The molecule has 0 bridgehead atoms. The second kappa shape index (κ2) is 5.34. The monoisotopic (exact) mass is 272 g/mol. The first-order valence-electron chi connectivity index (χ1n) is 5.37. The number of ether oxygens (including phenoxy) is 1. The van der Waals surface area contributed by atoms with Gasteiger partial charge in [0.15, 0.2) is 5.13 Å². The van der Waals surface area contributed by atoms with Crippen molar-refractivity contribution < 1.29 is 19.4 Å². The maximum atomic E-state index is 11.5. The standard InChI is InChI=1S/C11H16N2O4S/c1-6(8(14)15)7-5-12-9(18-7)13-10(16)17-11(2,3)4/h5-6H,1-4H3,(H,14,15)(H,12,13,16). The summed E-state index contributed by atoms with van der Waals surface area (Å²) < 4.78 is 5.06. The summed E-state index contributed by atoms with van der Waals surface area (Å²) in [6.45, 7) is 6.83. The normalized spacial score (nSPS) is 12.9. The zero-order valence-corrected chi connectivity index (χ0v) is 11.5. The molecule has 1 atom stereocenters. The molecular formula is C11H16N2O4S. The van der Waals surface area contributed by atoms with Gasteiger partial charge in [0.05, 0.1) is 5.92 Å². The predicted molar refractivity (Wildman–Crippen MR) is 68.0 cm³/mol. The maximum Gasteiger partial charge on any atom is 0.413 e. The van der Waals surface area contributed by atoms with Gasteiger partial charge in [0.1, 0.15) is 5.60 Å². The van der Waals surface area contributed by atoms with Gasteiger partial charge in [0.25, 0.3) is 0 Å². The smallest absolute Gasteiger partial charge is 0.413 e. The minimum absolute atomic E-state index is 0.326. The van der Waals surface area contributed by atoms with Gasteiger partial charge < -0.3 is 9.84 Å². The summed E-state index contributed by atoms with van der Waals surface area (Å²) in [6.07, 6.45) is 0.835. The van der Waals surface area contributed by atoms with E-state index in [0.717, 1.165) is 11.3 Å². The maximum absolute atomic E-state index is 11.5. The number of hydrogen-bond donors (Lipinski definition) is 2. The van der Waals surface area contributed by atoms with Crippen LogP contribution in [0.3, 0.4) is 0 Å². The third kappa shape index (κ3) is 4.33. The number of carboxylic acids is 1. The number of anilines is 1. The van der Waals surface area contributed by atoms with Crippen LogP contribution < -0.4 is 5.32 Å². The van der Waals surface area contributed by atoms with Gasteiger partial charge >= 0.3 is 12.1 Å². The quantitative estimate of drug-likeness (QED) is 0.883. The first-order chi connectivity index (χ1) is 8.19. The average molecular weight is 272 g/mol. The van der Waals surface area contributed by atoms with Gasteiger partial charge in [-0.25, -0.2) is 9.78 Å². The van der Waals surface area contributed by atoms with Crippen LogP contribution in [0.15, 0.2) is 6.20 Å². The minimum Gasteiger partial charge on any atom is -0.481 e. The summed E-state index contributed by atoms with van der Waals surface area (Å²) in [4.78, 5) is 26.8. The lowest BCUT2D eigenvalue weighted by atomic mass is 10.2. The summed E-state index contributed by atoms with van der Waals surface area (Å²) in [7, 11) is 0. The molecule has 0 radical (unpaired) electrons. The van der Waals surface area contributed by atoms with Gasteiger partial charge in [-0.3, -0.25) is 10.1 Å². The lowest BCUT2D eigenvalue weighted by Crippen LogP contribution is -2.27. The molecule has 0 fully saturated rings. The Morgan fingerprint density at radius 3 is 2.61 bits per heavy atom. The molecule has 2 N–H and O–H groups in total. The van der Waals surface area contributed by atoms with E-state index in [1.165, 1.54) is 6.20 Å². The zero-order chi connectivity index (χ0) is 13.9. The van der Waals surface area contributed by atoms with Crippen LogP contribution in [0.2, 0.25) is 0 Å². The first-order valence-corrected chi connectivity index (χ1v) is 6.19. The van der Waals surface area contributed by atoms with Crippen molar-refractivity contribution in [2.24, 2.45) is 0 Å². The Bertz CT molecular complexity index is 450. The fourth-order valence-corrected chi connectivity index (χ4v) is 1.90. The molecule has 0 aromatic carbocycles. The third-order valence-electron chi connectivity index (χ3n) is 1.93. The Kier molecular flexibility index (Phi) is 4.28. The predicted octanol–water partition coefficient (Wildman–Crippen LogP) is 2.68. The molecule has 0 aliphatic carbocycles. The minimum atomic E-state index is -0.928. The Morgan fingerprint density at radius 2 is 2.11 bits per heavy atom. The van der Waals surface area contributed by atoms with Gasteiger partial charge in [-0.1, -0.05) is 0 Å². The number of aromatic nitrogens is 1. The summed E-state index contributed by atoms with van der Waals surface area (Å²) in [5.74, 6) is -1.57. The Hall–Kier alpha value is -1.63. The van der Waals surface area contributed by atoms with E-state index in [4.69, 9.17) is 9.84 Å². The van der Waals surface area contributed by atoms with E-state index in [1.54, 1.807) is 27.7 Å². The molecule has 0 spiro atoms. The third-order valence-corrected chi connectivity index (χ3v) is 3.02. The van der Waals surface area contributed by atoms with E-state index < -0.39 is 23.6 Å². The molecule has 1 amide bonds. The number of hydrogen-bond acceptors (Lipinski definition) is 5. The number of carboxylic acid groups (broad SMARTS) is 1. The highest BCUT2D eigenvalue weighted by Gasteiger charge is 2.20. The summed E-state index contributed by atoms with van der Waals surface area (Å²) in [5, 5.41) is 11.6. The fraction of sp³-hybridized carbons (Fsp3) is 0.545. The van der Waals surface area contributed by atoms with E-state index in [0.29, 0.717) is 10.0 Å². The fourth-order valence-electron chi connectivity index (χ4n) is 1.06. The molecule has 1 rings (SSSR count). The first kappa shape index (κ1) is 14.4. The molecule has 0 aliphatic rings. The molecule has 0 saturated heterocycles. The van der Waals surface area contributed by atoms with Crippen molar-refractivity contribution >= 4 is 28.5 Å². The van der Waals surface area contributed by atoms with E-state index in [1.807, 2.05) is 0 Å². The summed E-state index contributed by atoms with van der Waals surface area (Å²) in [6, 6.07) is 0. The molecule has 100 valence electrons. The van der Waals surface area contributed by atoms with Crippen molar-refractivity contribution in [1.29, 1.82) is 0 Å². The molecule has 1 aromatic heterocycles. The van der Waals surface area contributed by atoms with Crippen molar-refractivity contribution in [3.63, 3.8) is 0 Å². The van der Waals surface area contributed by atoms with Gasteiger partial charge in [-0.15, -0.1) is 11.3 Å². The van der Waals surface area contributed by atoms with E-state index in [-0.39, 0.29) is 0 Å². The number of nitrogens with zero attached hydrogens (tertiary/aromatic N) is 1. The molecular weight excluding hydrogens is 256 g/mol. The number of carbonyl (C=O) groups is 2. The lowest BCUT2D eigenvalue weighted by molar-refractivity contribution is -0.138. The molecule has 1 unspecified atom stereocenters. The van der Waals surface area contributed by atoms with Crippen LogP contribution in [-0.2, 0) is 9.53 Å². The number of amides is 1. The van der Waals surface area contributed by atoms with Crippen LogP contribution >= 0.6 is 11.3 Å². The topological polar surface area (TPSA) is 88.5 Å². The van der Waals surface area contributed by atoms with Crippen molar-refractivity contribution in [2.75, 3.05) is 5.32 Å². The van der Waals surface area contributed by atoms with Crippen LogP contribution in [-0.4, -0.2) is 27.8 Å². The van der Waals surface area contributed by atoms with Crippen molar-refractivity contribution in [3.8, 4) is 0 Å². The van der Waals surface area contributed by atoms with Crippen LogP contribution in [0, 0.1) is 0 Å². The summed E-state index contributed by atoms with van der Waals surface area (Å²) in [5.41, 5.74) is -0.585. The Morgan fingerprint density at radius 1 is 1.50 bits per heavy atom. The van der Waals surface area contributed by atoms with Crippen LogP contribution in [0.4, 0.5) is 9.93 Å². The zero-order valence-electron chi connectivity index (χ0n) is 10.7. The average Bonchev–Trinajstić information content (AvgIpc) is 2.61. The molecule has 1 aromatic rings. The molecule has 7 heteroatoms. The van der Waals surface area contributed by atoms with Crippen LogP contribution in [0.25, 0.3) is 0 Å². The second-order valence-corrected chi connectivity index (χ2v) is 5.82. The van der Waals surface area contributed by atoms with E-state index in [2.05, 4.69) is 10.3 Å². The number of rotatable bonds is 3. The number of thiazole rings is 1. The van der Waals surface area contributed by atoms with Crippen LogP contribution in [0.1, 0.15) is 38.5 Å². The molecule has 1 heterocycles. The van der Waals surface area contributed by atoms with Crippen LogP contribution in [0.5, 0.6) is 0 Å².